The van der Waals surface area contributed by atoms with Crippen LogP contribution < -0.4 is 15.2 Å². The molecule has 236 valence electrons. The Labute approximate surface area is 249 Å². The molecule has 1 aliphatic heterocycles. The average Bonchev–Trinajstić information content (AvgIpc) is 3.35. The second-order valence-electron chi connectivity index (χ2n) is 10.3. The van der Waals surface area contributed by atoms with Gasteiger partial charge in [0.25, 0.3) is 18.0 Å². The number of methoxy groups -OCH3 is 1. The van der Waals surface area contributed by atoms with Crippen LogP contribution in [-0.2, 0) is 16.1 Å². The third-order valence-corrected chi connectivity index (χ3v) is 7.49. The van der Waals surface area contributed by atoms with Crippen molar-refractivity contribution in [3.63, 3.8) is 0 Å². The highest BCUT2D eigenvalue weighted by atomic mass is 19.4. The second-order valence-corrected chi connectivity index (χ2v) is 10.3. The van der Waals surface area contributed by atoms with Crippen LogP contribution >= 0.6 is 0 Å². The van der Waals surface area contributed by atoms with Gasteiger partial charge in [0.05, 0.1) is 12.8 Å². The number of ketones is 1. The zero-order valence-electron chi connectivity index (χ0n) is 23.1. The van der Waals surface area contributed by atoms with Crippen molar-refractivity contribution in [3.8, 4) is 22.8 Å². The Morgan fingerprint density at radius 2 is 1.82 bits per heavy atom. The molecule has 2 aromatic carbocycles. The lowest BCUT2D eigenvalue weighted by molar-refractivity contribution is -0.270. The van der Waals surface area contributed by atoms with Crippen molar-refractivity contribution in [2.45, 2.75) is 36.7 Å². The molecule has 8 nitrogen and oxygen atoms in total. The van der Waals surface area contributed by atoms with Gasteiger partial charge in [-0.2, -0.15) is 13.2 Å². The van der Waals surface area contributed by atoms with Crippen molar-refractivity contribution in [3.05, 3.63) is 82.9 Å². The summed E-state index contributed by atoms with van der Waals surface area (Å²) in [6.45, 7) is -0.994. The number of aliphatic hydroxyl groups is 1. The number of primary amides is 1. The smallest absolute Gasteiger partial charge is 0.422 e. The molecule has 2 atom stereocenters. The molecule has 0 bridgehead atoms. The van der Waals surface area contributed by atoms with Crippen LogP contribution in [0.4, 0.5) is 30.7 Å². The first kappa shape index (κ1) is 31.6. The number of hydrogen-bond acceptors (Lipinski definition) is 7. The van der Waals surface area contributed by atoms with Gasteiger partial charge in [-0.05, 0) is 55.0 Å². The number of nitrogens with zero attached hydrogens (tertiary/aromatic N) is 2. The zero-order valence-corrected chi connectivity index (χ0v) is 23.1. The minimum Gasteiger partial charge on any atom is -0.494 e. The van der Waals surface area contributed by atoms with Crippen LogP contribution in [0.5, 0.6) is 11.5 Å². The van der Waals surface area contributed by atoms with E-state index in [-0.39, 0.29) is 27.8 Å². The predicted molar refractivity (Wildman–Crippen MR) is 144 cm³/mol. The molecule has 15 heteroatoms. The van der Waals surface area contributed by atoms with Gasteiger partial charge in [0, 0.05) is 40.3 Å². The number of halogens is 7. The number of hydrogen-bond donors (Lipinski definition) is 2. The number of pyridine rings is 2. The SMILES string of the molecule is COc1cc(C(=O)CC[C@](O)(c2cc3c(c(-c4ccc(F)cc4)n2)OC[C@]3(F)C(N)=O)C(F)(F)F)cc2cc(C(F)F)cnc12. The lowest BCUT2D eigenvalue weighted by Gasteiger charge is -2.31. The van der Waals surface area contributed by atoms with Crippen LogP contribution in [0.2, 0.25) is 0 Å². The van der Waals surface area contributed by atoms with Gasteiger partial charge in [-0.15, -0.1) is 0 Å². The van der Waals surface area contributed by atoms with Gasteiger partial charge in [-0.25, -0.2) is 22.5 Å². The molecular formula is C30H22F7N3O5. The number of ether oxygens (including phenoxy) is 2. The van der Waals surface area contributed by atoms with Gasteiger partial charge in [0.1, 0.15) is 29.4 Å². The van der Waals surface area contributed by atoms with Crippen LogP contribution in [0.15, 0.2) is 54.7 Å². The number of carbonyl (C=O) groups is 2. The largest absolute Gasteiger partial charge is 0.494 e. The highest BCUT2D eigenvalue weighted by Crippen LogP contribution is 2.49. The van der Waals surface area contributed by atoms with E-state index in [2.05, 4.69) is 9.97 Å². The van der Waals surface area contributed by atoms with Crippen LogP contribution in [0.1, 0.15) is 46.4 Å². The molecule has 0 saturated carbocycles. The number of Topliss-reactive ketones (excluding diaryl/α,β-unsaturated/α-hetero) is 1. The molecule has 3 heterocycles. The average molecular weight is 638 g/mol. The van der Waals surface area contributed by atoms with Crippen LogP contribution in [0.25, 0.3) is 22.2 Å². The number of aromatic nitrogens is 2. The molecule has 0 fully saturated rings. The Balaban J connectivity index is 1.58. The van der Waals surface area contributed by atoms with Gasteiger partial charge >= 0.3 is 6.18 Å². The lowest BCUT2D eigenvalue weighted by Crippen LogP contribution is -2.44. The van der Waals surface area contributed by atoms with Gasteiger partial charge in [0.2, 0.25) is 5.60 Å². The van der Waals surface area contributed by atoms with Crippen molar-refractivity contribution < 1.29 is 54.9 Å². The molecule has 1 amide bonds. The molecule has 3 N–H and O–H groups in total. The Morgan fingerprint density at radius 1 is 1.13 bits per heavy atom. The first-order chi connectivity index (χ1) is 21.1. The molecular weight excluding hydrogens is 615 g/mol. The molecule has 2 aromatic heterocycles. The fourth-order valence-corrected chi connectivity index (χ4v) is 4.97. The van der Waals surface area contributed by atoms with E-state index in [0.29, 0.717) is 6.07 Å². The van der Waals surface area contributed by atoms with Crippen molar-refractivity contribution in [1.82, 2.24) is 9.97 Å². The fourth-order valence-electron chi connectivity index (χ4n) is 4.97. The summed E-state index contributed by atoms with van der Waals surface area (Å²) in [6, 6.07) is 7.99. The molecule has 45 heavy (non-hydrogen) atoms. The van der Waals surface area contributed by atoms with E-state index in [9.17, 15) is 41.0 Å². The van der Waals surface area contributed by atoms with Crippen LogP contribution in [0.3, 0.4) is 0 Å². The Morgan fingerprint density at radius 3 is 2.42 bits per heavy atom. The summed E-state index contributed by atoms with van der Waals surface area (Å²) in [7, 11) is 1.22. The summed E-state index contributed by atoms with van der Waals surface area (Å²) < 4.78 is 110. The number of benzene rings is 2. The van der Waals surface area contributed by atoms with E-state index in [1.807, 2.05) is 0 Å². The number of nitrogens with two attached hydrogens (primary N) is 1. The Kier molecular flexibility index (Phi) is 7.93. The van der Waals surface area contributed by atoms with Crippen molar-refractivity contribution in [2.75, 3.05) is 13.7 Å². The fraction of sp³-hybridized carbons (Fsp3) is 0.267. The summed E-state index contributed by atoms with van der Waals surface area (Å²) >= 11 is 0. The number of rotatable bonds is 9. The number of carbonyl (C=O) groups excluding carboxylic acids is 2. The summed E-state index contributed by atoms with van der Waals surface area (Å²) in [5.41, 5.74) is -4.77. The second kappa shape index (κ2) is 11.3. The lowest BCUT2D eigenvalue weighted by atomic mass is 9.86. The maximum atomic E-state index is 15.7. The van der Waals surface area contributed by atoms with Gasteiger partial charge in [0.15, 0.2) is 11.5 Å². The van der Waals surface area contributed by atoms with Gasteiger partial charge in [-0.1, -0.05) is 0 Å². The molecule has 5 rings (SSSR count). The van der Waals surface area contributed by atoms with Crippen LogP contribution in [-0.4, -0.2) is 46.7 Å². The van der Waals surface area contributed by atoms with Gasteiger partial charge < -0.3 is 20.3 Å². The molecule has 0 unspecified atom stereocenters. The third-order valence-electron chi connectivity index (χ3n) is 7.49. The topological polar surface area (TPSA) is 125 Å². The van der Waals surface area contributed by atoms with Crippen molar-refractivity contribution >= 4 is 22.6 Å². The summed E-state index contributed by atoms with van der Waals surface area (Å²) in [5, 5.41) is 11.2. The van der Waals surface area contributed by atoms with Crippen molar-refractivity contribution in [2.24, 2.45) is 5.73 Å². The van der Waals surface area contributed by atoms with Gasteiger partial charge in [-0.3, -0.25) is 14.6 Å². The standard InChI is InChI=1S/C30H22F7N3O5/c1-44-21-10-15(8-16-9-17(26(32)33)12-39-23(16)21)20(41)6-7-29(43,30(35,36)37)22-11-19-25(45-13-28(19,34)27(38)42)24(40-22)14-2-4-18(31)5-3-14/h2-5,8-12,26,43H,6-7,13H2,1H3,(H2,38,42)/t28-,29+/m1/s1. The highest BCUT2D eigenvalue weighted by molar-refractivity contribution is 6.01. The Bertz CT molecular complexity index is 1820. The van der Waals surface area contributed by atoms with E-state index in [4.69, 9.17) is 15.2 Å². The first-order valence-corrected chi connectivity index (χ1v) is 13.1. The first-order valence-electron chi connectivity index (χ1n) is 13.1. The molecule has 0 aliphatic carbocycles. The number of fused-ring (bicyclic) bond motifs is 2. The molecule has 4 aromatic rings. The zero-order chi connectivity index (χ0) is 32.9. The molecule has 0 saturated heterocycles. The molecule has 1 aliphatic rings. The molecule has 0 spiro atoms. The quantitative estimate of drug-likeness (QED) is 0.175. The highest BCUT2D eigenvalue weighted by Gasteiger charge is 2.58. The molecule has 0 radical (unpaired) electrons. The summed E-state index contributed by atoms with van der Waals surface area (Å²) in [4.78, 5) is 33.0. The maximum Gasteiger partial charge on any atom is 0.422 e. The minimum absolute atomic E-state index is 0.0160. The monoisotopic (exact) mass is 637 g/mol. The van der Waals surface area contributed by atoms with E-state index >= 15 is 4.39 Å². The third kappa shape index (κ3) is 5.52. The number of alkyl halides is 6. The Hall–Kier alpha value is -4.79. The van der Waals surface area contributed by atoms with E-state index in [1.165, 1.54) is 7.11 Å². The summed E-state index contributed by atoms with van der Waals surface area (Å²) in [5.74, 6) is -3.68. The van der Waals surface area contributed by atoms with E-state index in [0.717, 1.165) is 48.7 Å². The maximum absolute atomic E-state index is 15.7. The minimum atomic E-state index is -5.50. The predicted octanol–water partition coefficient (Wildman–Crippen LogP) is 5.84. The van der Waals surface area contributed by atoms with E-state index < -0.39 is 89.1 Å². The normalized spacial score (nSPS) is 17.6. The van der Waals surface area contributed by atoms with Crippen LogP contribution in [0, 0.1) is 5.82 Å². The van der Waals surface area contributed by atoms with E-state index in [1.54, 1.807) is 0 Å². The number of amides is 1. The van der Waals surface area contributed by atoms with Crippen molar-refractivity contribution in [1.29, 1.82) is 0 Å². The summed E-state index contributed by atoms with van der Waals surface area (Å²) in [6.07, 6.45) is -9.78.